The minimum absolute atomic E-state index is 0.365. The summed E-state index contributed by atoms with van der Waals surface area (Å²) in [6.07, 6.45) is 0.808. The lowest BCUT2D eigenvalue weighted by Gasteiger charge is -2.16. The van der Waals surface area contributed by atoms with E-state index in [1.54, 1.807) is 14.2 Å². The van der Waals surface area contributed by atoms with Crippen molar-refractivity contribution in [1.29, 1.82) is 5.26 Å². The van der Waals surface area contributed by atoms with E-state index in [9.17, 15) is 0 Å². The highest BCUT2D eigenvalue weighted by atomic mass is 16.5. The van der Waals surface area contributed by atoms with Crippen molar-refractivity contribution in [2.75, 3.05) is 27.3 Å². The Morgan fingerprint density at radius 1 is 1.22 bits per heavy atom. The van der Waals surface area contributed by atoms with Crippen molar-refractivity contribution < 1.29 is 9.47 Å². The number of nitriles is 1. The van der Waals surface area contributed by atoms with Crippen LogP contribution in [0.3, 0.4) is 0 Å². The maximum atomic E-state index is 8.47. The number of nitrogens with one attached hydrogen (secondary N) is 1. The second-order valence-electron chi connectivity index (χ2n) is 4.11. The molecule has 0 aliphatic carbocycles. The molecular weight excluding hydrogens is 228 g/mol. The number of methoxy groups -OCH3 is 2. The molecule has 1 aromatic carbocycles. The van der Waals surface area contributed by atoms with E-state index in [-0.39, 0.29) is 0 Å². The molecule has 0 unspecified atom stereocenters. The molecule has 18 heavy (non-hydrogen) atoms. The largest absolute Gasteiger partial charge is 0.496 e. The van der Waals surface area contributed by atoms with Gasteiger partial charge in [-0.3, -0.25) is 0 Å². The van der Waals surface area contributed by atoms with E-state index < -0.39 is 0 Å². The van der Waals surface area contributed by atoms with Crippen LogP contribution in [0, 0.1) is 25.2 Å². The number of hydrogen-bond acceptors (Lipinski definition) is 4. The zero-order chi connectivity index (χ0) is 13.5. The molecule has 0 saturated carbocycles. The fourth-order valence-electron chi connectivity index (χ4n) is 1.98. The molecule has 0 atom stereocenters. The van der Waals surface area contributed by atoms with Crippen LogP contribution < -0.4 is 14.8 Å². The van der Waals surface area contributed by atoms with Gasteiger partial charge in [-0.15, -0.1) is 0 Å². The number of hydrogen-bond donors (Lipinski definition) is 1. The van der Waals surface area contributed by atoms with Crippen LogP contribution in [-0.4, -0.2) is 27.3 Å². The summed E-state index contributed by atoms with van der Waals surface area (Å²) >= 11 is 0. The summed E-state index contributed by atoms with van der Waals surface area (Å²) in [5.74, 6) is 1.79. The summed E-state index contributed by atoms with van der Waals surface area (Å²) in [5, 5.41) is 11.5. The lowest BCUT2D eigenvalue weighted by molar-refractivity contribution is 0.393. The van der Waals surface area contributed by atoms with Crippen molar-refractivity contribution in [3.05, 3.63) is 22.8 Å². The molecule has 98 valence electrons. The fraction of sp³-hybridized carbons (Fsp3) is 0.500. The van der Waals surface area contributed by atoms with Gasteiger partial charge in [0, 0.05) is 6.54 Å². The van der Waals surface area contributed by atoms with Gasteiger partial charge in [0.1, 0.15) is 11.5 Å². The lowest BCUT2D eigenvalue weighted by Crippen LogP contribution is -2.17. The summed E-state index contributed by atoms with van der Waals surface area (Å²) in [6, 6.07) is 4.07. The lowest BCUT2D eigenvalue weighted by atomic mass is 10.0. The number of ether oxygens (including phenoxy) is 2. The van der Waals surface area contributed by atoms with E-state index in [4.69, 9.17) is 14.7 Å². The molecule has 0 radical (unpaired) electrons. The Hall–Kier alpha value is -1.73. The minimum atomic E-state index is 0.365. The molecule has 1 N–H and O–H groups in total. The van der Waals surface area contributed by atoms with Crippen molar-refractivity contribution in [3.63, 3.8) is 0 Å². The van der Waals surface area contributed by atoms with Crippen LogP contribution >= 0.6 is 0 Å². The Labute approximate surface area is 109 Å². The number of benzene rings is 1. The van der Waals surface area contributed by atoms with Gasteiger partial charge in [-0.05, 0) is 43.0 Å². The summed E-state index contributed by atoms with van der Waals surface area (Å²) in [4.78, 5) is 0. The highest BCUT2D eigenvalue weighted by Crippen LogP contribution is 2.33. The Kier molecular flexibility index (Phi) is 5.47. The molecular formula is C14H20N2O2. The van der Waals surface area contributed by atoms with Crippen molar-refractivity contribution in [3.8, 4) is 17.6 Å². The molecule has 0 bridgehead atoms. The number of nitrogens with zero attached hydrogens (tertiary/aromatic N) is 1. The Balaban J connectivity index is 2.95. The van der Waals surface area contributed by atoms with Crippen molar-refractivity contribution in [1.82, 2.24) is 5.32 Å². The normalized spacial score (nSPS) is 9.94. The highest BCUT2D eigenvalue weighted by molar-refractivity contribution is 5.52. The molecule has 1 rings (SSSR count). The van der Waals surface area contributed by atoms with Gasteiger partial charge in [-0.2, -0.15) is 5.26 Å². The Morgan fingerprint density at radius 2 is 1.94 bits per heavy atom. The van der Waals surface area contributed by atoms with Crippen LogP contribution in [0.5, 0.6) is 11.5 Å². The molecule has 0 aromatic heterocycles. The monoisotopic (exact) mass is 248 g/mol. The molecule has 0 aliphatic rings. The van der Waals surface area contributed by atoms with Crippen LogP contribution in [0.15, 0.2) is 6.07 Å². The van der Waals surface area contributed by atoms with E-state index >= 15 is 0 Å². The van der Waals surface area contributed by atoms with E-state index in [1.165, 1.54) is 0 Å². The number of rotatable bonds is 6. The summed E-state index contributed by atoms with van der Waals surface area (Å²) < 4.78 is 10.8. The molecule has 0 saturated heterocycles. The highest BCUT2D eigenvalue weighted by Gasteiger charge is 2.13. The Morgan fingerprint density at radius 3 is 2.50 bits per heavy atom. The molecule has 1 aromatic rings. The SMILES string of the molecule is COc1cc(CCNCC#N)c(OC)c(C)c1C. The van der Waals surface area contributed by atoms with Gasteiger partial charge in [0.25, 0.3) is 0 Å². The van der Waals surface area contributed by atoms with Crippen molar-refractivity contribution in [2.45, 2.75) is 20.3 Å². The first kappa shape index (κ1) is 14.3. The van der Waals surface area contributed by atoms with Gasteiger partial charge < -0.3 is 14.8 Å². The summed E-state index contributed by atoms with van der Waals surface area (Å²) in [5.41, 5.74) is 3.30. The molecule has 0 fully saturated rings. The van der Waals surface area contributed by atoms with E-state index in [1.807, 2.05) is 19.9 Å². The maximum Gasteiger partial charge on any atom is 0.125 e. The van der Waals surface area contributed by atoms with Crippen LogP contribution in [-0.2, 0) is 6.42 Å². The topological polar surface area (TPSA) is 54.3 Å². The predicted octanol–water partition coefficient (Wildman–Crippen LogP) is 1.98. The second kappa shape index (κ2) is 6.87. The first-order valence-electron chi connectivity index (χ1n) is 5.94. The van der Waals surface area contributed by atoms with Gasteiger partial charge in [-0.25, -0.2) is 0 Å². The summed E-state index contributed by atoms with van der Waals surface area (Å²) in [7, 11) is 3.35. The van der Waals surface area contributed by atoms with Crippen molar-refractivity contribution >= 4 is 0 Å². The van der Waals surface area contributed by atoms with Crippen LogP contribution in [0.4, 0.5) is 0 Å². The quantitative estimate of drug-likeness (QED) is 0.618. The first-order chi connectivity index (χ1) is 8.65. The third-order valence-corrected chi connectivity index (χ3v) is 3.07. The van der Waals surface area contributed by atoms with Crippen LogP contribution in [0.25, 0.3) is 0 Å². The average Bonchev–Trinajstić information content (AvgIpc) is 2.38. The minimum Gasteiger partial charge on any atom is -0.496 e. The van der Waals surface area contributed by atoms with Crippen molar-refractivity contribution in [2.24, 2.45) is 0 Å². The molecule has 4 nitrogen and oxygen atoms in total. The van der Waals surface area contributed by atoms with E-state index in [0.717, 1.165) is 41.2 Å². The van der Waals surface area contributed by atoms with Crippen LogP contribution in [0.1, 0.15) is 16.7 Å². The average molecular weight is 248 g/mol. The standard InChI is InChI=1S/C14H20N2O2/c1-10-11(2)14(18-4)12(9-13(10)17-3)5-7-16-8-6-15/h9,16H,5,7-8H2,1-4H3. The second-order valence-corrected chi connectivity index (χ2v) is 4.11. The van der Waals surface area contributed by atoms with Gasteiger partial charge in [0.2, 0.25) is 0 Å². The van der Waals surface area contributed by atoms with Gasteiger partial charge in [0.15, 0.2) is 0 Å². The van der Waals surface area contributed by atoms with E-state index in [2.05, 4.69) is 11.4 Å². The van der Waals surface area contributed by atoms with Crippen LogP contribution in [0.2, 0.25) is 0 Å². The van der Waals surface area contributed by atoms with Gasteiger partial charge >= 0.3 is 0 Å². The molecule has 0 aliphatic heterocycles. The van der Waals surface area contributed by atoms with Gasteiger partial charge in [-0.1, -0.05) is 0 Å². The molecule has 0 heterocycles. The van der Waals surface area contributed by atoms with Gasteiger partial charge in [0.05, 0.1) is 26.8 Å². The molecule has 0 spiro atoms. The molecule has 0 amide bonds. The van der Waals surface area contributed by atoms with E-state index in [0.29, 0.717) is 6.54 Å². The zero-order valence-corrected chi connectivity index (χ0v) is 11.5. The third-order valence-electron chi connectivity index (χ3n) is 3.07. The fourth-order valence-corrected chi connectivity index (χ4v) is 1.98. The third kappa shape index (κ3) is 3.14. The molecule has 4 heteroatoms. The maximum absolute atomic E-state index is 8.47. The smallest absolute Gasteiger partial charge is 0.125 e. The summed E-state index contributed by atoms with van der Waals surface area (Å²) in [6.45, 7) is 5.16. The predicted molar refractivity (Wildman–Crippen MR) is 71.2 cm³/mol. The first-order valence-corrected chi connectivity index (χ1v) is 5.94. The zero-order valence-electron chi connectivity index (χ0n) is 11.5. The Bertz CT molecular complexity index is 450.